The van der Waals surface area contributed by atoms with E-state index >= 15 is 0 Å². The summed E-state index contributed by atoms with van der Waals surface area (Å²) < 4.78 is 13.8. The smallest absolute Gasteiger partial charge is 0.126 e. The largest absolute Gasteiger partial charge is 0.325 e. The van der Waals surface area contributed by atoms with Gasteiger partial charge in [0, 0.05) is 5.54 Å². The average Bonchev–Trinajstić information content (AvgIpc) is 2.37. The van der Waals surface area contributed by atoms with Gasteiger partial charge in [0.15, 0.2) is 0 Å². The van der Waals surface area contributed by atoms with Crippen molar-refractivity contribution in [1.29, 1.82) is 0 Å². The molecule has 2 aromatic rings. The molecule has 0 amide bonds. The predicted octanol–water partition coefficient (Wildman–Crippen LogP) is 3.95. The molecule has 0 saturated heterocycles. The Balaban J connectivity index is 2.21. The molecule has 0 heterocycles. The van der Waals surface area contributed by atoms with Crippen LogP contribution in [0, 0.1) is 19.7 Å². The highest BCUT2D eigenvalue weighted by atomic mass is 19.1. The van der Waals surface area contributed by atoms with Gasteiger partial charge >= 0.3 is 0 Å². The summed E-state index contributed by atoms with van der Waals surface area (Å²) >= 11 is 0. The van der Waals surface area contributed by atoms with Crippen molar-refractivity contribution in [2.45, 2.75) is 39.2 Å². The van der Waals surface area contributed by atoms with E-state index in [4.69, 9.17) is 5.73 Å². The second-order valence-corrected chi connectivity index (χ2v) is 5.97. The molecule has 1 unspecified atom stereocenters. The number of halogens is 1. The average molecular weight is 271 g/mol. The Morgan fingerprint density at radius 3 is 2.15 bits per heavy atom. The highest BCUT2D eigenvalue weighted by molar-refractivity contribution is 5.35. The molecular weight excluding hydrogens is 249 g/mol. The van der Waals surface area contributed by atoms with E-state index in [0.717, 1.165) is 6.42 Å². The van der Waals surface area contributed by atoms with Gasteiger partial charge in [-0.1, -0.05) is 36.4 Å². The Morgan fingerprint density at radius 1 is 0.950 bits per heavy atom. The normalized spacial score (nSPS) is 14.1. The molecule has 0 fully saturated rings. The van der Waals surface area contributed by atoms with Gasteiger partial charge in [0.1, 0.15) is 5.82 Å². The molecule has 1 nitrogen and oxygen atoms in total. The zero-order valence-electron chi connectivity index (χ0n) is 12.4. The summed E-state index contributed by atoms with van der Waals surface area (Å²) in [5.41, 5.74) is 10.4. The summed E-state index contributed by atoms with van der Waals surface area (Å²) in [5, 5.41) is 0. The third-order valence-corrected chi connectivity index (χ3v) is 3.78. The first kappa shape index (κ1) is 14.7. The number of hydrogen-bond acceptors (Lipinski definition) is 1. The number of benzene rings is 2. The molecule has 0 aromatic heterocycles. The molecule has 0 saturated carbocycles. The molecule has 106 valence electrons. The van der Waals surface area contributed by atoms with Gasteiger partial charge in [0.2, 0.25) is 0 Å². The molecule has 0 radical (unpaired) electrons. The Hall–Kier alpha value is -1.67. The summed E-state index contributed by atoms with van der Waals surface area (Å²) in [6.45, 7) is 6.19. The molecule has 2 N–H and O–H groups in total. The molecule has 0 aliphatic heterocycles. The molecule has 0 aliphatic carbocycles. The van der Waals surface area contributed by atoms with E-state index in [9.17, 15) is 4.39 Å². The molecule has 1 atom stereocenters. The lowest BCUT2D eigenvalue weighted by Crippen LogP contribution is -2.41. The molecule has 0 spiro atoms. The minimum Gasteiger partial charge on any atom is -0.325 e. The Kier molecular flexibility index (Phi) is 4.24. The van der Waals surface area contributed by atoms with Crippen molar-refractivity contribution in [3.05, 3.63) is 70.5 Å². The van der Waals surface area contributed by atoms with Crippen molar-refractivity contribution in [2.75, 3.05) is 0 Å². The quantitative estimate of drug-likeness (QED) is 0.895. The van der Waals surface area contributed by atoms with Crippen LogP contribution in [0.15, 0.2) is 42.5 Å². The van der Waals surface area contributed by atoms with Crippen LogP contribution in [0.1, 0.15) is 29.2 Å². The van der Waals surface area contributed by atoms with Crippen molar-refractivity contribution in [3.8, 4) is 0 Å². The van der Waals surface area contributed by atoms with E-state index in [0.29, 0.717) is 12.0 Å². The minimum atomic E-state index is -0.459. The summed E-state index contributed by atoms with van der Waals surface area (Å²) in [4.78, 5) is 0. The Labute approximate surface area is 120 Å². The fourth-order valence-corrected chi connectivity index (χ4v) is 2.67. The maximum Gasteiger partial charge on any atom is 0.126 e. The van der Waals surface area contributed by atoms with Gasteiger partial charge in [-0.15, -0.1) is 0 Å². The first-order valence-corrected chi connectivity index (χ1v) is 6.96. The van der Waals surface area contributed by atoms with Crippen LogP contribution in [0.3, 0.4) is 0 Å². The summed E-state index contributed by atoms with van der Waals surface area (Å²) in [6, 6.07) is 13.1. The number of nitrogens with two attached hydrogens (primary N) is 1. The van der Waals surface area contributed by atoms with Gasteiger partial charge in [0.25, 0.3) is 0 Å². The summed E-state index contributed by atoms with van der Waals surface area (Å²) in [6.07, 6.45) is 1.29. The number of hydrogen-bond donors (Lipinski definition) is 1. The van der Waals surface area contributed by atoms with Crippen molar-refractivity contribution in [2.24, 2.45) is 5.73 Å². The number of aryl methyl sites for hydroxylation is 2. The van der Waals surface area contributed by atoms with Crippen LogP contribution in [0.5, 0.6) is 0 Å². The molecule has 0 aliphatic rings. The predicted molar refractivity (Wildman–Crippen MR) is 82.3 cm³/mol. The van der Waals surface area contributed by atoms with E-state index in [2.05, 4.69) is 32.0 Å². The van der Waals surface area contributed by atoms with Crippen molar-refractivity contribution in [1.82, 2.24) is 0 Å². The second-order valence-electron chi connectivity index (χ2n) is 5.97. The lowest BCUT2D eigenvalue weighted by Gasteiger charge is -2.27. The lowest BCUT2D eigenvalue weighted by atomic mass is 9.84. The van der Waals surface area contributed by atoms with Gasteiger partial charge in [-0.25, -0.2) is 4.39 Å². The molecule has 20 heavy (non-hydrogen) atoms. The zero-order valence-corrected chi connectivity index (χ0v) is 12.4. The number of rotatable bonds is 4. The molecule has 0 bridgehead atoms. The fraction of sp³-hybridized carbons (Fsp3) is 0.333. The zero-order chi connectivity index (χ0) is 14.8. The van der Waals surface area contributed by atoms with Crippen LogP contribution in [0.25, 0.3) is 0 Å². The van der Waals surface area contributed by atoms with Crippen LogP contribution >= 0.6 is 0 Å². The topological polar surface area (TPSA) is 26.0 Å². The van der Waals surface area contributed by atoms with E-state index in [-0.39, 0.29) is 5.82 Å². The third-order valence-electron chi connectivity index (χ3n) is 3.78. The van der Waals surface area contributed by atoms with Crippen LogP contribution < -0.4 is 5.73 Å². The SMILES string of the molecule is Cc1cccc(C)c1CC(C)(N)Cc1ccccc1F. The summed E-state index contributed by atoms with van der Waals surface area (Å²) in [5.74, 6) is -0.175. The van der Waals surface area contributed by atoms with Crippen molar-refractivity contribution < 1.29 is 4.39 Å². The van der Waals surface area contributed by atoms with Gasteiger partial charge < -0.3 is 5.73 Å². The Bertz CT molecular complexity index is 582. The maximum absolute atomic E-state index is 13.8. The highest BCUT2D eigenvalue weighted by Crippen LogP contribution is 2.22. The van der Waals surface area contributed by atoms with Crippen LogP contribution in [0.2, 0.25) is 0 Å². The van der Waals surface area contributed by atoms with Crippen LogP contribution in [0.4, 0.5) is 4.39 Å². The van der Waals surface area contributed by atoms with E-state index in [1.165, 1.54) is 22.8 Å². The van der Waals surface area contributed by atoms with Gasteiger partial charge in [-0.05, 0) is 61.9 Å². The lowest BCUT2D eigenvalue weighted by molar-refractivity contribution is 0.449. The molecule has 2 rings (SSSR count). The first-order valence-electron chi connectivity index (χ1n) is 6.96. The van der Waals surface area contributed by atoms with E-state index in [1.54, 1.807) is 6.07 Å². The standard InChI is InChI=1S/C18H22FN/c1-13-7-6-8-14(2)16(13)12-18(3,20)11-15-9-4-5-10-17(15)19/h4-10H,11-12,20H2,1-3H3. The van der Waals surface area contributed by atoms with E-state index < -0.39 is 5.54 Å². The Morgan fingerprint density at radius 2 is 1.55 bits per heavy atom. The molecular formula is C18H22FN. The molecule has 2 aromatic carbocycles. The minimum absolute atomic E-state index is 0.175. The molecule has 2 heteroatoms. The van der Waals surface area contributed by atoms with Crippen LogP contribution in [-0.4, -0.2) is 5.54 Å². The third kappa shape index (κ3) is 3.45. The fourth-order valence-electron chi connectivity index (χ4n) is 2.67. The monoisotopic (exact) mass is 271 g/mol. The van der Waals surface area contributed by atoms with Crippen molar-refractivity contribution in [3.63, 3.8) is 0 Å². The van der Waals surface area contributed by atoms with Gasteiger partial charge in [-0.3, -0.25) is 0 Å². The van der Waals surface area contributed by atoms with E-state index in [1.807, 2.05) is 19.1 Å². The van der Waals surface area contributed by atoms with Crippen LogP contribution in [-0.2, 0) is 12.8 Å². The van der Waals surface area contributed by atoms with Gasteiger partial charge in [0.05, 0.1) is 0 Å². The highest BCUT2D eigenvalue weighted by Gasteiger charge is 2.22. The van der Waals surface area contributed by atoms with Crippen molar-refractivity contribution >= 4 is 0 Å². The summed E-state index contributed by atoms with van der Waals surface area (Å²) in [7, 11) is 0. The maximum atomic E-state index is 13.8. The second kappa shape index (κ2) is 5.76. The van der Waals surface area contributed by atoms with Gasteiger partial charge in [-0.2, -0.15) is 0 Å². The first-order chi connectivity index (χ1) is 9.39.